The van der Waals surface area contributed by atoms with Gasteiger partial charge in [-0.15, -0.1) is 0 Å². The number of halogens is 1. The minimum absolute atomic E-state index is 0.00214. The number of aliphatic hydroxyl groups excluding tert-OH is 1. The molecule has 0 saturated carbocycles. The number of ether oxygens (including phenoxy) is 3. The lowest BCUT2D eigenvalue weighted by atomic mass is 9.94. The summed E-state index contributed by atoms with van der Waals surface area (Å²) < 4.78 is 31.8. The Hall–Kier alpha value is -4.44. The van der Waals surface area contributed by atoms with E-state index in [-0.39, 0.29) is 22.6 Å². The summed E-state index contributed by atoms with van der Waals surface area (Å²) in [7, 11) is 0. The summed E-state index contributed by atoms with van der Waals surface area (Å²) in [5.41, 5.74) is 2.22. The second-order valence-electron chi connectivity index (χ2n) is 9.80. The van der Waals surface area contributed by atoms with E-state index in [4.69, 9.17) is 14.2 Å². The molecule has 6 rings (SSSR count). The van der Waals surface area contributed by atoms with Gasteiger partial charge >= 0.3 is 5.91 Å². The molecule has 2 atom stereocenters. The van der Waals surface area contributed by atoms with Crippen LogP contribution in [0.4, 0.5) is 9.52 Å². The predicted molar refractivity (Wildman–Crippen MR) is 153 cm³/mol. The quantitative estimate of drug-likeness (QED) is 0.160. The van der Waals surface area contributed by atoms with Crippen molar-refractivity contribution in [1.29, 1.82) is 0 Å². The molecule has 1 fully saturated rings. The molecular formula is C31H27FN2O6S. The van der Waals surface area contributed by atoms with Crippen molar-refractivity contribution in [3.8, 4) is 17.2 Å². The van der Waals surface area contributed by atoms with Gasteiger partial charge in [0.25, 0.3) is 5.78 Å². The maximum atomic E-state index is 14.0. The van der Waals surface area contributed by atoms with E-state index in [0.717, 1.165) is 22.6 Å². The van der Waals surface area contributed by atoms with Gasteiger partial charge in [-0.25, -0.2) is 9.37 Å². The molecule has 0 aliphatic carbocycles. The van der Waals surface area contributed by atoms with E-state index in [2.05, 4.69) is 4.98 Å². The highest BCUT2D eigenvalue weighted by Crippen LogP contribution is 2.46. The van der Waals surface area contributed by atoms with Gasteiger partial charge in [-0.2, -0.15) is 0 Å². The summed E-state index contributed by atoms with van der Waals surface area (Å²) >= 11 is 1.09. The van der Waals surface area contributed by atoms with E-state index in [1.807, 2.05) is 20.8 Å². The number of Topliss-reactive ketones (excluding diaryl/α,β-unsaturated/α-hetero) is 1. The summed E-state index contributed by atoms with van der Waals surface area (Å²) in [5.74, 6) is -0.770. The Morgan fingerprint density at radius 1 is 1.07 bits per heavy atom. The van der Waals surface area contributed by atoms with Gasteiger partial charge in [0.05, 0.1) is 35.0 Å². The highest BCUT2D eigenvalue weighted by molar-refractivity contribution is 7.22. The maximum Gasteiger partial charge on any atom is 0.301 e. The number of anilines is 1. The minimum Gasteiger partial charge on any atom is -0.507 e. The largest absolute Gasteiger partial charge is 0.507 e. The van der Waals surface area contributed by atoms with Gasteiger partial charge in [-0.3, -0.25) is 14.5 Å². The number of hydrogen-bond donors (Lipinski definition) is 1. The second kappa shape index (κ2) is 10.5. The van der Waals surface area contributed by atoms with Crippen LogP contribution in [0.5, 0.6) is 17.2 Å². The van der Waals surface area contributed by atoms with Crippen molar-refractivity contribution < 1.29 is 33.3 Å². The van der Waals surface area contributed by atoms with Crippen molar-refractivity contribution in [2.24, 2.45) is 0 Å². The van der Waals surface area contributed by atoms with E-state index in [1.54, 1.807) is 36.4 Å². The average molecular weight is 575 g/mol. The molecule has 10 heteroatoms. The third-order valence-corrected chi connectivity index (χ3v) is 8.06. The first-order valence-electron chi connectivity index (χ1n) is 13.4. The number of carbonyl (C=O) groups excluding carboxylic acids is 2. The molecule has 2 aliphatic rings. The SMILES string of the molecule is CCOc1ccc([C@@H]2C(=C(O)c3ccc4c(c3)C[C@@H](C)O4)C(=O)C(=O)N2c2nc3ccc(F)cc3s2)cc1OCC. The summed E-state index contributed by atoms with van der Waals surface area (Å²) in [6, 6.07) is 13.5. The molecule has 0 spiro atoms. The number of ketones is 1. The Balaban J connectivity index is 1.55. The van der Waals surface area contributed by atoms with Crippen LogP contribution in [0, 0.1) is 5.82 Å². The van der Waals surface area contributed by atoms with Gasteiger partial charge in [0.2, 0.25) is 0 Å². The topological polar surface area (TPSA) is 98.2 Å². The smallest absolute Gasteiger partial charge is 0.301 e. The first-order valence-corrected chi connectivity index (χ1v) is 14.2. The van der Waals surface area contributed by atoms with Crippen molar-refractivity contribution in [2.75, 3.05) is 18.1 Å². The van der Waals surface area contributed by atoms with Crippen LogP contribution in [0.15, 0.2) is 60.2 Å². The molecule has 0 bridgehead atoms. The van der Waals surface area contributed by atoms with E-state index in [1.165, 1.54) is 23.1 Å². The first kappa shape index (κ1) is 26.8. The highest BCUT2D eigenvalue weighted by atomic mass is 32.1. The third kappa shape index (κ3) is 4.67. The number of benzene rings is 3. The van der Waals surface area contributed by atoms with Crippen molar-refractivity contribution in [1.82, 2.24) is 4.98 Å². The van der Waals surface area contributed by atoms with Crippen LogP contribution in [0.2, 0.25) is 0 Å². The third-order valence-electron chi connectivity index (χ3n) is 7.04. The van der Waals surface area contributed by atoms with Crippen LogP contribution >= 0.6 is 11.3 Å². The molecule has 3 aromatic carbocycles. The fraction of sp³-hybridized carbons (Fsp3) is 0.258. The zero-order valence-corrected chi connectivity index (χ0v) is 23.5. The number of nitrogens with zero attached hydrogens (tertiary/aromatic N) is 2. The molecule has 1 amide bonds. The second-order valence-corrected chi connectivity index (χ2v) is 10.8. The average Bonchev–Trinajstić information content (AvgIpc) is 3.61. The lowest BCUT2D eigenvalue weighted by Crippen LogP contribution is -2.29. The fourth-order valence-corrected chi connectivity index (χ4v) is 6.31. The summed E-state index contributed by atoms with van der Waals surface area (Å²) in [6.45, 7) is 6.43. The van der Waals surface area contributed by atoms with Crippen LogP contribution in [-0.2, 0) is 16.0 Å². The number of amides is 1. The van der Waals surface area contributed by atoms with E-state index >= 15 is 0 Å². The highest BCUT2D eigenvalue weighted by Gasteiger charge is 2.48. The standard InChI is InChI=1S/C31H27FN2O6S/c1-4-38-23-11-6-17(14-24(23)39-5-2)27-26(28(35)18-7-10-22-19(13-18)12-16(3)40-22)29(36)30(37)34(27)31-33-21-9-8-20(32)15-25(21)41-31/h6-11,13-16,27,35H,4-5,12H2,1-3H3/t16-,27-/m1/s1. The van der Waals surface area contributed by atoms with E-state index in [9.17, 15) is 19.1 Å². The van der Waals surface area contributed by atoms with Crippen molar-refractivity contribution in [2.45, 2.75) is 39.3 Å². The first-order chi connectivity index (χ1) is 19.8. The Morgan fingerprint density at radius 2 is 1.85 bits per heavy atom. The van der Waals surface area contributed by atoms with Gasteiger partial charge in [0, 0.05) is 12.0 Å². The molecule has 8 nitrogen and oxygen atoms in total. The molecule has 1 N–H and O–H groups in total. The normalized spacial score (nSPS) is 19.5. The molecular weight excluding hydrogens is 547 g/mol. The molecule has 210 valence electrons. The molecule has 4 aromatic rings. The van der Waals surface area contributed by atoms with Crippen LogP contribution < -0.4 is 19.1 Å². The summed E-state index contributed by atoms with van der Waals surface area (Å²) in [4.78, 5) is 33.1. The number of carbonyl (C=O) groups is 2. The lowest BCUT2D eigenvalue weighted by Gasteiger charge is -2.24. The summed E-state index contributed by atoms with van der Waals surface area (Å²) in [6.07, 6.45) is 0.658. The molecule has 0 radical (unpaired) electrons. The summed E-state index contributed by atoms with van der Waals surface area (Å²) in [5, 5.41) is 11.8. The van der Waals surface area contributed by atoms with Crippen LogP contribution in [0.1, 0.15) is 43.5 Å². The number of aliphatic hydroxyl groups is 1. The Labute approximate surface area is 239 Å². The van der Waals surface area contributed by atoms with Gasteiger partial charge in [0.15, 0.2) is 16.6 Å². The fourth-order valence-electron chi connectivity index (χ4n) is 5.30. The number of hydrogen-bond acceptors (Lipinski definition) is 8. The number of thiazole rings is 1. The zero-order chi connectivity index (χ0) is 28.8. The van der Waals surface area contributed by atoms with Crippen molar-refractivity contribution in [3.63, 3.8) is 0 Å². The van der Waals surface area contributed by atoms with Crippen LogP contribution in [0.25, 0.3) is 16.0 Å². The van der Waals surface area contributed by atoms with Crippen molar-refractivity contribution >= 4 is 44.1 Å². The van der Waals surface area contributed by atoms with E-state index in [0.29, 0.717) is 52.5 Å². The monoisotopic (exact) mass is 574 g/mol. The van der Waals surface area contributed by atoms with E-state index < -0.39 is 23.5 Å². The lowest BCUT2D eigenvalue weighted by molar-refractivity contribution is -0.132. The molecule has 1 saturated heterocycles. The number of rotatable bonds is 7. The Bertz CT molecular complexity index is 1730. The van der Waals surface area contributed by atoms with Gasteiger partial charge in [-0.1, -0.05) is 17.4 Å². The zero-order valence-electron chi connectivity index (χ0n) is 22.6. The Morgan fingerprint density at radius 3 is 2.63 bits per heavy atom. The maximum absolute atomic E-state index is 14.0. The predicted octanol–water partition coefficient (Wildman–Crippen LogP) is 6.18. The molecule has 1 aromatic heterocycles. The number of aromatic nitrogens is 1. The number of fused-ring (bicyclic) bond motifs is 2. The minimum atomic E-state index is -1.03. The van der Waals surface area contributed by atoms with Crippen LogP contribution in [-0.4, -0.2) is 41.1 Å². The van der Waals surface area contributed by atoms with Gasteiger partial charge in [0.1, 0.15) is 23.4 Å². The molecule has 41 heavy (non-hydrogen) atoms. The van der Waals surface area contributed by atoms with Crippen LogP contribution in [0.3, 0.4) is 0 Å². The van der Waals surface area contributed by atoms with Gasteiger partial charge in [-0.05, 0) is 80.4 Å². The molecule has 3 heterocycles. The van der Waals surface area contributed by atoms with Gasteiger partial charge < -0.3 is 19.3 Å². The molecule has 0 unspecified atom stereocenters. The Kier molecular flexibility index (Phi) is 6.86. The molecule has 2 aliphatic heterocycles. The van der Waals surface area contributed by atoms with Crippen molar-refractivity contribution in [3.05, 3.63) is 82.7 Å².